The molecule has 3 aromatic carbocycles. The second-order valence-corrected chi connectivity index (χ2v) is 13.7. The molecule has 0 aliphatic heterocycles. The van der Waals surface area contributed by atoms with Gasteiger partial charge in [-0.3, -0.25) is 4.79 Å². The highest BCUT2D eigenvalue weighted by atomic mass is 79.9. The minimum Gasteiger partial charge on any atom is -1.00 e. The number of alkyl halides is 3. The number of ether oxygens (including phenoxy) is 1. The van der Waals surface area contributed by atoms with Crippen molar-refractivity contribution in [2.75, 3.05) is 13.6 Å². The molecule has 5 aromatic rings. The molecule has 0 aliphatic rings. The Morgan fingerprint density at radius 1 is 1.11 bits per heavy atom. The van der Waals surface area contributed by atoms with Crippen LogP contribution in [0.15, 0.2) is 72.6 Å². The highest BCUT2D eigenvalue weighted by Gasteiger charge is 2.41. The maximum absolute atomic E-state index is 15.3. The first-order chi connectivity index (χ1) is 25.9. The van der Waals surface area contributed by atoms with Gasteiger partial charge in [-0.2, -0.15) is 18.4 Å². The number of carbonyl (C=O) groups is 2. The van der Waals surface area contributed by atoms with E-state index in [1.165, 1.54) is 17.4 Å². The summed E-state index contributed by atoms with van der Waals surface area (Å²) < 4.78 is 69.7. The van der Waals surface area contributed by atoms with Gasteiger partial charge in [0.25, 0.3) is 6.33 Å². The lowest BCUT2D eigenvalue weighted by Gasteiger charge is -2.32. The van der Waals surface area contributed by atoms with E-state index in [0.29, 0.717) is 30.8 Å². The molecule has 0 saturated carbocycles. The molecule has 2 N–H and O–H groups in total. The van der Waals surface area contributed by atoms with Gasteiger partial charge in [0.1, 0.15) is 35.5 Å². The van der Waals surface area contributed by atoms with Gasteiger partial charge in [-0.05, 0) is 73.8 Å². The number of esters is 1. The van der Waals surface area contributed by atoms with E-state index in [2.05, 4.69) is 16.5 Å². The van der Waals surface area contributed by atoms with Gasteiger partial charge in [-0.15, -0.1) is 16.0 Å². The van der Waals surface area contributed by atoms with E-state index < -0.39 is 35.3 Å². The number of aromatic nitrogens is 4. The van der Waals surface area contributed by atoms with Crippen molar-refractivity contribution in [3.8, 4) is 23.1 Å². The molecular weight excluding hydrogens is 827 g/mol. The number of nitriles is 1. The van der Waals surface area contributed by atoms with Crippen molar-refractivity contribution in [2.24, 2.45) is 5.92 Å². The number of carboxylic acids is 1. The molecule has 2 unspecified atom stereocenters. The molecule has 0 spiro atoms. The van der Waals surface area contributed by atoms with Crippen LogP contribution in [0.5, 0.6) is 5.75 Å². The summed E-state index contributed by atoms with van der Waals surface area (Å²) in [6.07, 6.45) is -1.27. The predicted octanol–water partition coefficient (Wildman–Crippen LogP) is 1.69. The van der Waals surface area contributed by atoms with Gasteiger partial charge in [0.2, 0.25) is 6.33 Å². The first-order valence-electron chi connectivity index (χ1n) is 16.7. The number of aryl methyl sites for hydroxylation is 2. The summed E-state index contributed by atoms with van der Waals surface area (Å²) >= 11 is 1.42. The third-order valence-corrected chi connectivity index (χ3v) is 9.37. The molecule has 0 radical (unpaired) electrons. The molecule has 0 fully saturated rings. The standard InChI is InChI=1S/C36H37F2N6O3S.C2HF3O2.BrH/c1-23-13-27(14-24(2)35(23)47-34(45)11-12-40-4)18-43-21-41-44(22-43)20-36(46,30-10-9-29(37)16-31(30)38)25(3)15-33-42-32(19-48-33)28-7-5-26(17-39)6-8-28;3-2(4,5)1(6)7;/h5-10,13-14,16,19,21-22,25,40,46H,11-12,15,18,20H2,1-4H3;(H,6,7);1H/q+1;;/p-2. The summed E-state index contributed by atoms with van der Waals surface area (Å²) in [5.41, 5.74) is 2.96. The minimum absolute atomic E-state index is 0. The van der Waals surface area contributed by atoms with E-state index in [9.17, 15) is 27.5 Å². The summed E-state index contributed by atoms with van der Waals surface area (Å²) in [4.78, 5) is 25.7. The van der Waals surface area contributed by atoms with Crippen molar-refractivity contribution in [3.63, 3.8) is 0 Å². The normalized spacial score (nSPS) is 12.7. The van der Waals surface area contributed by atoms with Crippen LogP contribution in [0.25, 0.3) is 11.3 Å². The molecule has 2 atom stereocenters. The first-order valence-corrected chi connectivity index (χ1v) is 17.6. The molecule has 0 bridgehead atoms. The molecule has 0 amide bonds. The summed E-state index contributed by atoms with van der Waals surface area (Å²) in [7, 11) is 1.78. The Balaban J connectivity index is 0.000000960. The van der Waals surface area contributed by atoms with Crippen LogP contribution < -0.4 is 36.7 Å². The smallest absolute Gasteiger partial charge is 0.430 e. The average Bonchev–Trinajstić information content (AvgIpc) is 3.77. The number of aliphatic carboxylic acids is 1. The molecule has 298 valence electrons. The topological polar surface area (TPSA) is 157 Å². The Morgan fingerprint density at radius 2 is 1.75 bits per heavy atom. The molecule has 18 heteroatoms. The van der Waals surface area contributed by atoms with E-state index in [4.69, 9.17) is 24.9 Å². The molecule has 56 heavy (non-hydrogen) atoms. The van der Waals surface area contributed by atoms with Crippen LogP contribution in [0.3, 0.4) is 0 Å². The Kier molecular flexibility index (Phi) is 15.9. The molecule has 2 aromatic heterocycles. The number of carboxylic acid groups (broad SMARTS) is 1. The molecule has 0 aliphatic carbocycles. The van der Waals surface area contributed by atoms with Crippen LogP contribution in [-0.4, -0.2) is 51.6 Å². The van der Waals surface area contributed by atoms with Gasteiger partial charge in [0.05, 0.1) is 35.3 Å². The van der Waals surface area contributed by atoms with Gasteiger partial charge < -0.3 is 42.0 Å². The van der Waals surface area contributed by atoms with Crippen LogP contribution in [0, 0.1) is 42.7 Å². The lowest BCUT2D eigenvalue weighted by molar-refractivity contribution is -0.689. The number of carbonyl (C=O) groups excluding carboxylic acids is 2. The van der Waals surface area contributed by atoms with Crippen LogP contribution in [-0.2, 0) is 34.7 Å². The molecule has 11 nitrogen and oxygen atoms in total. The fourth-order valence-corrected chi connectivity index (χ4v) is 6.63. The van der Waals surface area contributed by atoms with Gasteiger partial charge in [-0.1, -0.05) is 25.1 Å². The number of benzene rings is 3. The monoisotopic (exact) mass is 863 g/mol. The van der Waals surface area contributed by atoms with Crippen molar-refractivity contribution >= 4 is 23.3 Å². The SMILES string of the molecule is CNCCC(=O)Oc1c(C)cc(C[n+]2cnn(CC(O)(c3ccc(F)cc3F)C(C)Cc3nc(-c4ccc(C#N)cc4)cs3)c2)cc1C.O=C([O-])C(F)(F)F.[Br-]. The van der Waals surface area contributed by atoms with Crippen LogP contribution >= 0.6 is 11.3 Å². The van der Waals surface area contributed by atoms with Crippen LogP contribution in [0.2, 0.25) is 0 Å². The summed E-state index contributed by atoms with van der Waals surface area (Å²) in [6.45, 7) is 6.47. The van der Waals surface area contributed by atoms with Crippen molar-refractivity contribution < 1.29 is 68.0 Å². The van der Waals surface area contributed by atoms with E-state index >= 15 is 4.39 Å². The Labute approximate surface area is 333 Å². The molecule has 0 saturated heterocycles. The number of thiazole rings is 1. The Hall–Kier alpha value is -5.09. The summed E-state index contributed by atoms with van der Waals surface area (Å²) in [5, 5.41) is 40.1. The maximum Gasteiger partial charge on any atom is 0.430 e. The van der Waals surface area contributed by atoms with E-state index in [-0.39, 0.29) is 41.5 Å². The number of rotatable bonds is 13. The van der Waals surface area contributed by atoms with Crippen LogP contribution in [0.1, 0.15) is 46.2 Å². The second-order valence-electron chi connectivity index (χ2n) is 12.8. The van der Waals surface area contributed by atoms with Crippen molar-refractivity contribution in [1.29, 1.82) is 5.26 Å². The zero-order chi connectivity index (χ0) is 40.5. The van der Waals surface area contributed by atoms with E-state index in [0.717, 1.165) is 45.1 Å². The van der Waals surface area contributed by atoms with E-state index in [1.807, 2.05) is 55.0 Å². The zero-order valence-corrected chi connectivity index (χ0v) is 32.9. The average molecular weight is 865 g/mol. The highest BCUT2D eigenvalue weighted by molar-refractivity contribution is 7.09. The molecule has 2 heterocycles. The summed E-state index contributed by atoms with van der Waals surface area (Å²) in [5.74, 6) is -4.90. The highest BCUT2D eigenvalue weighted by Crippen LogP contribution is 2.37. The van der Waals surface area contributed by atoms with Gasteiger partial charge in [-0.25, -0.2) is 18.3 Å². The quantitative estimate of drug-likeness (QED) is 0.0779. The summed E-state index contributed by atoms with van der Waals surface area (Å²) in [6, 6.07) is 16.3. The van der Waals surface area contributed by atoms with Crippen molar-refractivity contribution in [3.05, 3.63) is 117 Å². The fraction of sp³-hybridized carbons (Fsp3) is 0.316. The Morgan fingerprint density at radius 3 is 2.32 bits per heavy atom. The third-order valence-electron chi connectivity index (χ3n) is 8.50. The molecular formula is C38H37BrF5N6O5S-. The third kappa shape index (κ3) is 12.0. The Bertz CT molecular complexity index is 2150. The van der Waals surface area contributed by atoms with Crippen molar-refractivity contribution in [1.82, 2.24) is 20.1 Å². The van der Waals surface area contributed by atoms with Crippen LogP contribution in [0.4, 0.5) is 22.0 Å². The van der Waals surface area contributed by atoms with Gasteiger partial charge in [0, 0.05) is 40.6 Å². The number of nitrogens with zero attached hydrogens (tertiary/aromatic N) is 5. The fourth-order valence-electron chi connectivity index (χ4n) is 5.70. The number of halogens is 6. The number of hydrogen-bond acceptors (Lipinski definition) is 10. The number of aliphatic hydroxyl groups is 1. The minimum atomic E-state index is -5.19. The number of hydrogen-bond donors (Lipinski definition) is 2. The van der Waals surface area contributed by atoms with Gasteiger partial charge in [0.15, 0.2) is 0 Å². The zero-order valence-electron chi connectivity index (χ0n) is 30.5. The number of nitrogens with one attached hydrogen (secondary N) is 1. The maximum atomic E-state index is 15.3. The lowest BCUT2D eigenvalue weighted by Crippen LogP contribution is -3.00. The first kappa shape index (κ1) is 45.3. The van der Waals surface area contributed by atoms with Crippen molar-refractivity contribution in [2.45, 2.75) is 58.5 Å². The van der Waals surface area contributed by atoms with Gasteiger partial charge >= 0.3 is 12.1 Å². The lowest BCUT2D eigenvalue weighted by atomic mass is 9.80. The van der Waals surface area contributed by atoms with E-state index in [1.54, 1.807) is 36.5 Å². The molecule has 5 rings (SSSR count). The predicted molar refractivity (Wildman–Crippen MR) is 188 cm³/mol. The second kappa shape index (κ2) is 19.7. The largest absolute Gasteiger partial charge is 1.00 e.